The fourth-order valence-electron chi connectivity index (χ4n) is 1.83. The van der Waals surface area contributed by atoms with Gasteiger partial charge >= 0.3 is 0 Å². The third kappa shape index (κ3) is 2.94. The zero-order chi connectivity index (χ0) is 13.8. The third-order valence-electron chi connectivity index (χ3n) is 2.90. The Morgan fingerprint density at radius 2 is 2.40 bits per heavy atom. The molecule has 0 bridgehead atoms. The molecule has 1 N–H and O–H groups in total. The van der Waals surface area contributed by atoms with E-state index in [4.69, 9.17) is 4.52 Å². The van der Waals surface area contributed by atoms with Crippen molar-refractivity contribution in [1.82, 2.24) is 25.2 Å². The molecule has 3 heterocycles. The lowest BCUT2D eigenvalue weighted by Crippen LogP contribution is -2.23. The number of nitrogens with one attached hydrogen (secondary N) is 1. The Morgan fingerprint density at radius 1 is 1.45 bits per heavy atom. The van der Waals surface area contributed by atoms with Crippen LogP contribution in [0.5, 0.6) is 0 Å². The van der Waals surface area contributed by atoms with Gasteiger partial charge in [-0.2, -0.15) is 10.1 Å². The van der Waals surface area contributed by atoms with Crippen molar-refractivity contribution in [2.45, 2.75) is 19.5 Å². The van der Waals surface area contributed by atoms with Gasteiger partial charge in [0.15, 0.2) is 0 Å². The van der Waals surface area contributed by atoms with Crippen LogP contribution in [-0.4, -0.2) is 26.5 Å². The Kier molecular flexibility index (Phi) is 3.89. The minimum absolute atomic E-state index is 0.0202. The first-order valence-corrected chi connectivity index (χ1v) is 7.29. The van der Waals surface area contributed by atoms with Crippen molar-refractivity contribution in [3.05, 3.63) is 41.9 Å². The van der Waals surface area contributed by atoms with Gasteiger partial charge in [0.2, 0.25) is 11.7 Å². The van der Waals surface area contributed by atoms with Crippen molar-refractivity contribution in [2.24, 2.45) is 0 Å². The molecular formula is C13H15N5OS. The van der Waals surface area contributed by atoms with Gasteiger partial charge in [-0.3, -0.25) is 4.68 Å². The molecule has 3 aromatic rings. The molecule has 0 amide bonds. The average molecular weight is 289 g/mol. The summed E-state index contributed by atoms with van der Waals surface area (Å²) in [6.45, 7) is 3.61. The molecule has 7 heteroatoms. The minimum atomic E-state index is 0.0202. The van der Waals surface area contributed by atoms with E-state index in [0.717, 1.165) is 18.0 Å². The number of hydrogen-bond donors (Lipinski definition) is 1. The van der Waals surface area contributed by atoms with E-state index < -0.39 is 0 Å². The predicted molar refractivity (Wildman–Crippen MR) is 76.3 cm³/mol. The lowest BCUT2D eigenvalue weighted by Gasteiger charge is -2.09. The Labute approximate surface area is 120 Å². The monoisotopic (exact) mass is 289 g/mol. The molecular weight excluding hydrogens is 274 g/mol. The summed E-state index contributed by atoms with van der Waals surface area (Å²) >= 11 is 1.60. The van der Waals surface area contributed by atoms with E-state index in [1.807, 2.05) is 41.4 Å². The van der Waals surface area contributed by atoms with E-state index in [0.29, 0.717) is 11.7 Å². The molecule has 0 aliphatic rings. The third-order valence-corrected chi connectivity index (χ3v) is 3.77. The van der Waals surface area contributed by atoms with Gasteiger partial charge in [0.25, 0.3) is 0 Å². The molecule has 0 radical (unpaired) electrons. The summed E-state index contributed by atoms with van der Waals surface area (Å²) in [7, 11) is 0. The molecule has 0 aliphatic carbocycles. The summed E-state index contributed by atoms with van der Waals surface area (Å²) in [6.07, 6.45) is 3.71. The molecule has 3 rings (SSSR count). The number of hydrogen-bond acceptors (Lipinski definition) is 6. The second-order valence-electron chi connectivity index (χ2n) is 4.38. The average Bonchev–Trinajstić information content (AvgIpc) is 3.20. The first-order chi connectivity index (χ1) is 9.83. The van der Waals surface area contributed by atoms with Gasteiger partial charge in [0.05, 0.1) is 17.5 Å². The number of nitrogens with zero attached hydrogens (tertiary/aromatic N) is 4. The van der Waals surface area contributed by atoms with Gasteiger partial charge < -0.3 is 9.84 Å². The molecule has 0 spiro atoms. The van der Waals surface area contributed by atoms with Crippen molar-refractivity contribution >= 4 is 11.3 Å². The second-order valence-corrected chi connectivity index (χ2v) is 5.33. The molecule has 0 saturated heterocycles. The van der Waals surface area contributed by atoms with E-state index in [1.165, 1.54) is 0 Å². The van der Waals surface area contributed by atoms with E-state index in [9.17, 15) is 0 Å². The van der Waals surface area contributed by atoms with Crippen LogP contribution in [0.15, 0.2) is 40.5 Å². The van der Waals surface area contributed by atoms with E-state index in [1.54, 1.807) is 17.5 Å². The van der Waals surface area contributed by atoms with Gasteiger partial charge in [-0.05, 0) is 24.4 Å². The Bertz CT molecular complexity index is 632. The number of rotatable bonds is 6. The zero-order valence-corrected chi connectivity index (χ0v) is 11.9. The first-order valence-electron chi connectivity index (χ1n) is 6.41. The molecule has 0 unspecified atom stereocenters. The highest BCUT2D eigenvalue weighted by molar-refractivity contribution is 7.13. The van der Waals surface area contributed by atoms with Crippen LogP contribution in [0.3, 0.4) is 0 Å². The van der Waals surface area contributed by atoms with Crippen LogP contribution in [0.2, 0.25) is 0 Å². The summed E-state index contributed by atoms with van der Waals surface area (Å²) < 4.78 is 7.18. The fourth-order valence-corrected chi connectivity index (χ4v) is 2.48. The van der Waals surface area contributed by atoms with E-state index >= 15 is 0 Å². The van der Waals surface area contributed by atoms with Crippen molar-refractivity contribution in [3.63, 3.8) is 0 Å². The summed E-state index contributed by atoms with van der Waals surface area (Å²) in [5.41, 5.74) is 0. The Hall–Kier alpha value is -1.99. The standard InChI is InChI=1S/C13H15N5OS/c1-10(14-6-8-18-7-3-5-15-18)13-16-12(17-19-13)11-4-2-9-20-11/h2-5,7,9-10,14H,6,8H2,1H3/t10-/m0/s1. The van der Waals surface area contributed by atoms with Crippen molar-refractivity contribution in [3.8, 4) is 10.7 Å². The molecule has 1 atom stereocenters. The van der Waals surface area contributed by atoms with Crippen molar-refractivity contribution in [2.75, 3.05) is 6.54 Å². The fraction of sp³-hybridized carbons (Fsp3) is 0.308. The maximum Gasteiger partial charge on any atom is 0.243 e. The summed E-state index contributed by atoms with van der Waals surface area (Å²) in [5.74, 6) is 1.25. The van der Waals surface area contributed by atoms with Crippen LogP contribution in [0, 0.1) is 0 Å². The highest BCUT2D eigenvalue weighted by Gasteiger charge is 2.15. The smallest absolute Gasteiger partial charge is 0.243 e. The first kappa shape index (κ1) is 13.0. The molecule has 104 valence electrons. The lowest BCUT2D eigenvalue weighted by molar-refractivity contribution is 0.336. The van der Waals surface area contributed by atoms with Crippen molar-refractivity contribution < 1.29 is 4.52 Å². The van der Waals surface area contributed by atoms with Crippen LogP contribution in [0.4, 0.5) is 0 Å². The summed E-state index contributed by atoms with van der Waals surface area (Å²) in [6, 6.07) is 5.89. The molecule has 6 nitrogen and oxygen atoms in total. The van der Waals surface area contributed by atoms with Gasteiger partial charge in [0.1, 0.15) is 0 Å². The van der Waals surface area contributed by atoms with Crippen molar-refractivity contribution in [1.29, 1.82) is 0 Å². The maximum absolute atomic E-state index is 5.30. The van der Waals surface area contributed by atoms with Crippen LogP contribution >= 0.6 is 11.3 Å². The molecule has 3 aromatic heterocycles. The van der Waals surface area contributed by atoms with E-state index in [-0.39, 0.29) is 6.04 Å². The highest BCUT2D eigenvalue weighted by Crippen LogP contribution is 2.22. The zero-order valence-electron chi connectivity index (χ0n) is 11.1. The van der Waals surface area contributed by atoms with E-state index in [2.05, 4.69) is 20.6 Å². The summed E-state index contributed by atoms with van der Waals surface area (Å²) in [4.78, 5) is 5.43. The molecule has 0 aromatic carbocycles. The summed E-state index contributed by atoms with van der Waals surface area (Å²) in [5, 5.41) is 13.5. The highest BCUT2D eigenvalue weighted by atomic mass is 32.1. The van der Waals surface area contributed by atoms with Gasteiger partial charge in [-0.1, -0.05) is 11.2 Å². The minimum Gasteiger partial charge on any atom is -0.337 e. The molecule has 0 fully saturated rings. The lowest BCUT2D eigenvalue weighted by atomic mass is 10.3. The Morgan fingerprint density at radius 3 is 3.15 bits per heavy atom. The van der Waals surface area contributed by atoms with Gasteiger partial charge in [-0.15, -0.1) is 11.3 Å². The molecule has 20 heavy (non-hydrogen) atoms. The Balaban J connectivity index is 1.56. The van der Waals surface area contributed by atoms with Crippen LogP contribution < -0.4 is 5.32 Å². The largest absolute Gasteiger partial charge is 0.337 e. The van der Waals surface area contributed by atoms with Crippen LogP contribution in [-0.2, 0) is 6.54 Å². The SMILES string of the molecule is C[C@H](NCCn1cccn1)c1nc(-c2cccs2)no1. The van der Waals surface area contributed by atoms with Crippen LogP contribution in [0.1, 0.15) is 18.9 Å². The second kappa shape index (κ2) is 5.98. The number of aromatic nitrogens is 4. The van der Waals surface area contributed by atoms with Gasteiger partial charge in [-0.25, -0.2) is 0 Å². The quantitative estimate of drug-likeness (QED) is 0.754. The molecule has 0 saturated carbocycles. The van der Waals surface area contributed by atoms with Crippen LogP contribution in [0.25, 0.3) is 10.7 Å². The molecule has 0 aliphatic heterocycles. The number of thiophene rings is 1. The van der Waals surface area contributed by atoms with Gasteiger partial charge in [0, 0.05) is 18.9 Å². The normalized spacial score (nSPS) is 12.7. The maximum atomic E-state index is 5.30. The topological polar surface area (TPSA) is 68.8 Å². The predicted octanol–water partition coefficient (Wildman–Crippen LogP) is 2.35.